The highest BCUT2D eigenvalue weighted by molar-refractivity contribution is 6.24. The monoisotopic (exact) mass is 543 g/mol. The number of likely N-dealkylation sites (tertiary alicyclic amines) is 1. The van der Waals surface area contributed by atoms with E-state index < -0.39 is 5.91 Å². The molecule has 2 amide bonds. The number of hydrogen-bond acceptors (Lipinski definition) is 8. The molecule has 0 radical (unpaired) electrons. The van der Waals surface area contributed by atoms with Gasteiger partial charge >= 0.3 is 0 Å². The molecule has 210 valence electrons. The molecule has 4 heterocycles. The van der Waals surface area contributed by atoms with Crippen LogP contribution in [0.2, 0.25) is 0 Å². The van der Waals surface area contributed by atoms with Crippen molar-refractivity contribution in [1.82, 2.24) is 29.6 Å². The second-order valence-electron chi connectivity index (χ2n) is 10.8. The van der Waals surface area contributed by atoms with Crippen molar-refractivity contribution in [3.8, 4) is 11.3 Å². The van der Waals surface area contributed by atoms with Crippen molar-refractivity contribution in [2.45, 2.75) is 57.9 Å². The molecule has 0 aromatic carbocycles. The number of rotatable bonds is 9. The smallest absolute Gasteiger partial charge is 0.259 e. The van der Waals surface area contributed by atoms with E-state index in [4.69, 9.17) is 5.73 Å². The number of aryl methyl sites for hydroxylation is 2. The van der Waals surface area contributed by atoms with Crippen molar-refractivity contribution in [2.75, 3.05) is 23.7 Å². The number of carbonyl (C=O) groups excluding carboxylic acids is 2. The molecule has 1 aliphatic heterocycles. The SMILES string of the molecule is Cc1ncc(NC(=O)CC2CCCN2CC2CCCC2)cc1NC(=O)/C(=C/N)c1cnc(-c2cnn(C)c2)cn1. The molecule has 0 spiro atoms. The average Bonchev–Trinajstić information content (AvgIpc) is 3.71. The van der Waals surface area contributed by atoms with Gasteiger partial charge in [-0.05, 0) is 51.1 Å². The van der Waals surface area contributed by atoms with Gasteiger partial charge in [-0.25, -0.2) is 0 Å². The number of aromatic nitrogens is 5. The number of hydrogen-bond donors (Lipinski definition) is 3. The summed E-state index contributed by atoms with van der Waals surface area (Å²) < 4.78 is 1.68. The molecular formula is C29H37N9O2. The number of pyridine rings is 1. The Morgan fingerprint density at radius 2 is 1.88 bits per heavy atom. The summed E-state index contributed by atoms with van der Waals surface area (Å²) in [5, 5.41) is 9.97. The highest BCUT2D eigenvalue weighted by atomic mass is 16.2. The van der Waals surface area contributed by atoms with Crippen molar-refractivity contribution in [2.24, 2.45) is 18.7 Å². The number of nitrogens with one attached hydrogen (secondary N) is 2. The molecule has 4 N–H and O–H groups in total. The summed E-state index contributed by atoms with van der Waals surface area (Å²) in [4.78, 5) is 41.7. The molecule has 2 aliphatic rings. The van der Waals surface area contributed by atoms with Crippen molar-refractivity contribution >= 4 is 28.8 Å². The number of carbonyl (C=O) groups is 2. The Morgan fingerprint density at radius 1 is 1.05 bits per heavy atom. The third-order valence-corrected chi connectivity index (χ3v) is 7.85. The van der Waals surface area contributed by atoms with E-state index in [-0.39, 0.29) is 17.5 Å². The van der Waals surface area contributed by atoms with Gasteiger partial charge in [0.1, 0.15) is 0 Å². The van der Waals surface area contributed by atoms with Crippen LogP contribution in [0, 0.1) is 12.8 Å². The third kappa shape index (κ3) is 6.53. The summed E-state index contributed by atoms with van der Waals surface area (Å²) in [6, 6.07) is 2.00. The number of nitrogens with two attached hydrogens (primary N) is 1. The number of amides is 2. The zero-order valence-corrected chi connectivity index (χ0v) is 23.1. The van der Waals surface area contributed by atoms with E-state index in [0.717, 1.165) is 37.4 Å². The summed E-state index contributed by atoms with van der Waals surface area (Å²) >= 11 is 0. The summed E-state index contributed by atoms with van der Waals surface area (Å²) in [6.07, 6.45) is 17.3. The lowest BCUT2D eigenvalue weighted by Crippen LogP contribution is -2.36. The maximum Gasteiger partial charge on any atom is 0.259 e. The Hall–Kier alpha value is -4.12. The van der Waals surface area contributed by atoms with E-state index in [9.17, 15) is 9.59 Å². The first-order valence-corrected chi connectivity index (χ1v) is 13.9. The molecule has 3 aromatic rings. The fourth-order valence-electron chi connectivity index (χ4n) is 5.68. The van der Waals surface area contributed by atoms with Gasteiger partial charge in [-0.15, -0.1) is 0 Å². The second-order valence-corrected chi connectivity index (χ2v) is 10.8. The molecule has 1 aliphatic carbocycles. The maximum absolute atomic E-state index is 13.1. The van der Waals surface area contributed by atoms with Gasteiger partial charge in [0, 0.05) is 44.0 Å². The van der Waals surface area contributed by atoms with Crippen LogP contribution in [0.3, 0.4) is 0 Å². The number of anilines is 2. The Morgan fingerprint density at radius 3 is 2.58 bits per heavy atom. The highest BCUT2D eigenvalue weighted by Crippen LogP contribution is 2.30. The van der Waals surface area contributed by atoms with Crippen LogP contribution in [0.25, 0.3) is 16.8 Å². The molecule has 11 nitrogen and oxygen atoms in total. The molecular weight excluding hydrogens is 506 g/mol. The summed E-state index contributed by atoms with van der Waals surface area (Å²) in [5.41, 5.74) is 9.38. The molecule has 2 fully saturated rings. The normalized spacial score (nSPS) is 18.2. The van der Waals surface area contributed by atoms with Crippen molar-refractivity contribution in [1.29, 1.82) is 0 Å². The van der Waals surface area contributed by atoms with Crippen molar-refractivity contribution < 1.29 is 9.59 Å². The molecule has 3 aromatic heterocycles. The van der Waals surface area contributed by atoms with E-state index in [1.54, 1.807) is 36.3 Å². The van der Waals surface area contributed by atoms with Crippen LogP contribution in [-0.2, 0) is 16.6 Å². The van der Waals surface area contributed by atoms with Gasteiger partial charge in [0.05, 0.1) is 58.8 Å². The standard InChI is InChI=1S/C29H37N9O2/c1-19-25(36-29(40)24(12-30)27-16-32-26(15-33-27)21-13-34-37(2)18-21)10-22(14-31-19)35-28(39)11-23-8-5-9-38(23)17-20-6-3-4-7-20/h10,12-16,18,20,23H,3-9,11,17,30H2,1-2H3,(H,35,39)(H,36,40)/b24-12+. The van der Waals surface area contributed by atoms with Gasteiger partial charge < -0.3 is 16.4 Å². The molecule has 40 heavy (non-hydrogen) atoms. The summed E-state index contributed by atoms with van der Waals surface area (Å²) in [5.74, 6) is 0.277. The third-order valence-electron chi connectivity index (χ3n) is 7.85. The van der Waals surface area contributed by atoms with Crippen molar-refractivity contribution in [3.63, 3.8) is 0 Å². The lowest BCUT2D eigenvalue weighted by molar-refractivity contribution is -0.117. The van der Waals surface area contributed by atoms with Crippen LogP contribution in [0.15, 0.2) is 43.3 Å². The first kappa shape index (κ1) is 27.4. The fraction of sp³-hybridized carbons (Fsp3) is 0.448. The van der Waals surface area contributed by atoms with E-state index in [0.29, 0.717) is 34.9 Å². The van der Waals surface area contributed by atoms with E-state index in [2.05, 4.69) is 35.6 Å². The Balaban J connectivity index is 1.20. The second kappa shape index (κ2) is 12.4. The van der Waals surface area contributed by atoms with E-state index >= 15 is 0 Å². The van der Waals surface area contributed by atoms with Gasteiger partial charge in [0.15, 0.2) is 0 Å². The lowest BCUT2D eigenvalue weighted by atomic mass is 10.1. The highest BCUT2D eigenvalue weighted by Gasteiger charge is 2.29. The minimum absolute atomic E-state index is 0.0437. The molecule has 11 heteroatoms. The minimum atomic E-state index is -0.451. The van der Waals surface area contributed by atoms with E-state index in [1.165, 1.54) is 38.1 Å². The average molecular weight is 544 g/mol. The van der Waals surface area contributed by atoms with Crippen LogP contribution >= 0.6 is 0 Å². The Kier molecular flexibility index (Phi) is 8.49. The van der Waals surface area contributed by atoms with Crippen molar-refractivity contribution in [3.05, 3.63) is 54.6 Å². The van der Waals surface area contributed by atoms with Crippen LogP contribution in [0.5, 0.6) is 0 Å². The minimum Gasteiger partial charge on any atom is -0.404 e. The molecule has 5 rings (SSSR count). The molecule has 1 atom stereocenters. The topological polar surface area (TPSA) is 144 Å². The van der Waals surface area contributed by atoms with Crippen LogP contribution in [-0.4, -0.2) is 60.6 Å². The van der Waals surface area contributed by atoms with Crippen LogP contribution in [0.1, 0.15) is 56.3 Å². The van der Waals surface area contributed by atoms with Gasteiger partial charge in [-0.2, -0.15) is 5.10 Å². The Labute approximate surface area is 234 Å². The lowest BCUT2D eigenvalue weighted by Gasteiger charge is -2.27. The zero-order chi connectivity index (χ0) is 28.1. The molecule has 1 unspecified atom stereocenters. The Bertz CT molecular complexity index is 1380. The molecule has 0 bridgehead atoms. The first-order chi connectivity index (χ1) is 19.4. The van der Waals surface area contributed by atoms with Gasteiger partial charge in [0.2, 0.25) is 5.91 Å². The summed E-state index contributed by atoms with van der Waals surface area (Å²) in [7, 11) is 1.82. The molecule has 1 saturated heterocycles. The predicted molar refractivity (Wildman–Crippen MR) is 154 cm³/mol. The summed E-state index contributed by atoms with van der Waals surface area (Å²) in [6.45, 7) is 3.97. The quantitative estimate of drug-likeness (QED) is 0.348. The zero-order valence-electron chi connectivity index (χ0n) is 23.1. The fourth-order valence-corrected chi connectivity index (χ4v) is 5.68. The van der Waals surface area contributed by atoms with Crippen LogP contribution < -0.4 is 16.4 Å². The first-order valence-electron chi connectivity index (χ1n) is 13.9. The number of nitrogens with zero attached hydrogens (tertiary/aromatic N) is 6. The van der Waals surface area contributed by atoms with Gasteiger partial charge in [0.25, 0.3) is 5.91 Å². The van der Waals surface area contributed by atoms with E-state index in [1.807, 2.05) is 13.2 Å². The maximum atomic E-state index is 13.1. The van der Waals surface area contributed by atoms with Gasteiger partial charge in [-0.3, -0.25) is 34.1 Å². The van der Waals surface area contributed by atoms with Crippen LogP contribution in [0.4, 0.5) is 11.4 Å². The molecule has 1 saturated carbocycles. The largest absolute Gasteiger partial charge is 0.404 e. The van der Waals surface area contributed by atoms with Gasteiger partial charge in [-0.1, -0.05) is 12.8 Å². The predicted octanol–water partition coefficient (Wildman–Crippen LogP) is 3.50.